The standard InChI is InChI=1S/C16H21NO4/c1-10-5-4-6-13(12(10)3)21-9-14(18)17-8-7-11(2)15(17)16(19)20/h4-6,11,15H,7-9H2,1-3H3,(H,19,20). The minimum atomic E-state index is -0.944. The smallest absolute Gasteiger partial charge is 0.326 e. The normalized spacial score (nSPS) is 21.4. The summed E-state index contributed by atoms with van der Waals surface area (Å²) in [5.41, 5.74) is 2.09. The molecule has 0 spiro atoms. The van der Waals surface area contributed by atoms with Gasteiger partial charge in [-0.25, -0.2) is 4.79 Å². The molecule has 0 bridgehead atoms. The van der Waals surface area contributed by atoms with E-state index in [-0.39, 0.29) is 18.4 Å². The number of benzene rings is 1. The monoisotopic (exact) mass is 291 g/mol. The molecule has 1 heterocycles. The van der Waals surface area contributed by atoms with Crippen LogP contribution in [0.15, 0.2) is 18.2 Å². The predicted octanol–water partition coefficient (Wildman–Crippen LogP) is 2.00. The number of nitrogens with zero attached hydrogens (tertiary/aromatic N) is 1. The molecule has 21 heavy (non-hydrogen) atoms. The Hall–Kier alpha value is -2.04. The fourth-order valence-electron chi connectivity index (χ4n) is 2.71. The van der Waals surface area contributed by atoms with Gasteiger partial charge in [-0.1, -0.05) is 19.1 Å². The van der Waals surface area contributed by atoms with Crippen molar-refractivity contribution in [2.75, 3.05) is 13.2 Å². The van der Waals surface area contributed by atoms with Gasteiger partial charge in [-0.2, -0.15) is 0 Å². The first-order valence-electron chi connectivity index (χ1n) is 7.13. The lowest BCUT2D eigenvalue weighted by molar-refractivity contribution is -0.150. The van der Waals surface area contributed by atoms with Gasteiger partial charge in [0.05, 0.1) is 0 Å². The largest absolute Gasteiger partial charge is 0.483 e. The van der Waals surface area contributed by atoms with Crippen LogP contribution in [-0.2, 0) is 9.59 Å². The SMILES string of the molecule is Cc1cccc(OCC(=O)N2CCC(C)C2C(=O)O)c1C. The highest BCUT2D eigenvalue weighted by Gasteiger charge is 2.39. The molecule has 1 aliphatic rings. The molecule has 2 atom stereocenters. The molecule has 1 aromatic rings. The molecule has 1 amide bonds. The Bertz CT molecular complexity index is 555. The minimum absolute atomic E-state index is 0.0212. The molecule has 2 unspecified atom stereocenters. The van der Waals surface area contributed by atoms with E-state index in [1.807, 2.05) is 39.0 Å². The summed E-state index contributed by atoms with van der Waals surface area (Å²) in [6, 6.07) is 4.93. The van der Waals surface area contributed by atoms with E-state index in [1.165, 1.54) is 4.90 Å². The first-order valence-corrected chi connectivity index (χ1v) is 7.13. The lowest BCUT2D eigenvalue weighted by atomic mass is 10.0. The molecule has 1 saturated heterocycles. The van der Waals surface area contributed by atoms with Crippen molar-refractivity contribution in [2.45, 2.75) is 33.2 Å². The predicted molar refractivity (Wildman–Crippen MR) is 78.3 cm³/mol. The summed E-state index contributed by atoms with van der Waals surface area (Å²) in [6.45, 7) is 6.13. The van der Waals surface area contributed by atoms with Crippen LogP contribution in [0.25, 0.3) is 0 Å². The summed E-state index contributed by atoms with van der Waals surface area (Å²) in [4.78, 5) is 24.9. The molecular formula is C16H21NO4. The van der Waals surface area contributed by atoms with Gasteiger partial charge in [0.2, 0.25) is 0 Å². The van der Waals surface area contributed by atoms with Crippen LogP contribution < -0.4 is 4.74 Å². The zero-order chi connectivity index (χ0) is 15.6. The highest BCUT2D eigenvalue weighted by molar-refractivity contribution is 5.85. The molecule has 5 nitrogen and oxygen atoms in total. The van der Waals surface area contributed by atoms with E-state index in [2.05, 4.69) is 0 Å². The summed E-state index contributed by atoms with van der Waals surface area (Å²) in [5, 5.41) is 9.23. The first kappa shape index (κ1) is 15.4. The van der Waals surface area contributed by atoms with Crippen LogP contribution in [-0.4, -0.2) is 41.1 Å². The number of carboxylic acid groups (broad SMARTS) is 1. The molecule has 0 saturated carbocycles. The maximum atomic E-state index is 12.2. The van der Waals surface area contributed by atoms with Crippen molar-refractivity contribution in [2.24, 2.45) is 5.92 Å². The molecule has 1 N–H and O–H groups in total. The Morgan fingerprint density at radius 1 is 1.38 bits per heavy atom. The van der Waals surface area contributed by atoms with E-state index in [0.29, 0.717) is 18.7 Å². The Kier molecular flexibility index (Phi) is 4.50. The van der Waals surface area contributed by atoms with Gasteiger partial charge >= 0.3 is 5.97 Å². The number of aryl methyl sites for hydroxylation is 1. The zero-order valence-electron chi connectivity index (χ0n) is 12.6. The molecule has 0 radical (unpaired) electrons. The second-order valence-electron chi connectivity index (χ2n) is 5.62. The molecule has 114 valence electrons. The number of rotatable bonds is 4. The van der Waals surface area contributed by atoms with Gasteiger partial charge in [0, 0.05) is 6.54 Å². The van der Waals surface area contributed by atoms with Crippen LogP contribution in [0.1, 0.15) is 24.5 Å². The van der Waals surface area contributed by atoms with Crippen LogP contribution in [0, 0.1) is 19.8 Å². The van der Waals surface area contributed by atoms with Gasteiger partial charge in [-0.15, -0.1) is 0 Å². The summed E-state index contributed by atoms with van der Waals surface area (Å²) in [7, 11) is 0. The van der Waals surface area contributed by atoms with Gasteiger partial charge in [0.1, 0.15) is 11.8 Å². The van der Waals surface area contributed by atoms with Crippen LogP contribution in [0.2, 0.25) is 0 Å². The zero-order valence-corrected chi connectivity index (χ0v) is 12.6. The van der Waals surface area contributed by atoms with Crippen molar-refractivity contribution < 1.29 is 19.4 Å². The fraction of sp³-hybridized carbons (Fsp3) is 0.500. The Balaban J connectivity index is 2.02. The molecule has 1 fully saturated rings. The maximum Gasteiger partial charge on any atom is 0.326 e. The van der Waals surface area contributed by atoms with Crippen LogP contribution >= 0.6 is 0 Å². The van der Waals surface area contributed by atoms with E-state index in [4.69, 9.17) is 4.74 Å². The van der Waals surface area contributed by atoms with E-state index >= 15 is 0 Å². The third-order valence-electron chi connectivity index (χ3n) is 4.18. The number of carboxylic acids is 1. The number of likely N-dealkylation sites (tertiary alicyclic amines) is 1. The van der Waals surface area contributed by atoms with Crippen LogP contribution in [0.5, 0.6) is 5.75 Å². The van der Waals surface area contributed by atoms with Crippen molar-refractivity contribution in [3.05, 3.63) is 29.3 Å². The van der Waals surface area contributed by atoms with Crippen LogP contribution in [0.3, 0.4) is 0 Å². The van der Waals surface area contributed by atoms with Gasteiger partial charge in [0.25, 0.3) is 5.91 Å². The number of hydrogen-bond acceptors (Lipinski definition) is 3. The van der Waals surface area contributed by atoms with Gasteiger partial charge in [0.15, 0.2) is 6.61 Å². The minimum Gasteiger partial charge on any atom is -0.483 e. The average molecular weight is 291 g/mol. The van der Waals surface area contributed by atoms with Gasteiger partial charge in [-0.3, -0.25) is 4.79 Å². The van der Waals surface area contributed by atoms with Gasteiger partial charge < -0.3 is 14.7 Å². The van der Waals surface area contributed by atoms with Crippen molar-refractivity contribution in [3.63, 3.8) is 0 Å². The number of ether oxygens (including phenoxy) is 1. The molecule has 5 heteroatoms. The van der Waals surface area contributed by atoms with Crippen LogP contribution in [0.4, 0.5) is 0 Å². The van der Waals surface area contributed by atoms with Crippen molar-refractivity contribution in [3.8, 4) is 5.75 Å². The van der Waals surface area contributed by atoms with Crippen molar-refractivity contribution >= 4 is 11.9 Å². The summed E-state index contributed by atoms with van der Waals surface area (Å²) < 4.78 is 5.57. The topological polar surface area (TPSA) is 66.8 Å². The first-order chi connectivity index (χ1) is 9.91. The Labute approximate surface area is 124 Å². The number of carbonyl (C=O) groups is 2. The molecule has 0 aliphatic carbocycles. The number of aliphatic carboxylic acids is 1. The highest BCUT2D eigenvalue weighted by Crippen LogP contribution is 2.25. The fourth-order valence-corrected chi connectivity index (χ4v) is 2.71. The Morgan fingerprint density at radius 3 is 2.76 bits per heavy atom. The van der Waals surface area contributed by atoms with E-state index in [1.54, 1.807) is 0 Å². The molecular weight excluding hydrogens is 270 g/mol. The van der Waals surface area contributed by atoms with E-state index in [9.17, 15) is 14.7 Å². The molecule has 1 aliphatic heterocycles. The summed E-state index contributed by atoms with van der Waals surface area (Å²) in [5.74, 6) is -0.567. The van der Waals surface area contributed by atoms with Gasteiger partial charge in [-0.05, 0) is 43.4 Å². The summed E-state index contributed by atoms with van der Waals surface area (Å²) >= 11 is 0. The Morgan fingerprint density at radius 2 is 2.10 bits per heavy atom. The molecule has 0 aromatic heterocycles. The lowest BCUT2D eigenvalue weighted by Gasteiger charge is -2.23. The number of hydrogen-bond donors (Lipinski definition) is 1. The molecule has 2 rings (SSSR count). The quantitative estimate of drug-likeness (QED) is 0.921. The third-order valence-corrected chi connectivity index (χ3v) is 4.18. The lowest BCUT2D eigenvalue weighted by Crippen LogP contribution is -2.44. The van der Waals surface area contributed by atoms with E-state index in [0.717, 1.165) is 11.1 Å². The van der Waals surface area contributed by atoms with E-state index < -0.39 is 12.0 Å². The second kappa shape index (κ2) is 6.16. The molecule has 1 aromatic carbocycles. The number of amides is 1. The summed E-state index contributed by atoms with van der Waals surface area (Å²) in [6.07, 6.45) is 0.714. The van der Waals surface area contributed by atoms with Crippen molar-refractivity contribution in [1.82, 2.24) is 4.90 Å². The highest BCUT2D eigenvalue weighted by atomic mass is 16.5. The number of carbonyl (C=O) groups excluding carboxylic acids is 1. The van der Waals surface area contributed by atoms with Crippen molar-refractivity contribution in [1.29, 1.82) is 0 Å². The third kappa shape index (κ3) is 3.17. The average Bonchev–Trinajstić information content (AvgIpc) is 2.82. The second-order valence-corrected chi connectivity index (χ2v) is 5.62. The maximum absolute atomic E-state index is 12.2.